The van der Waals surface area contributed by atoms with Crippen LogP contribution in [0.1, 0.15) is 34.1 Å². The van der Waals surface area contributed by atoms with Crippen LogP contribution in [0, 0.1) is 11.8 Å². The summed E-state index contributed by atoms with van der Waals surface area (Å²) in [5.41, 5.74) is 0. The fraction of sp³-hybridized carbons (Fsp3) is 0.895. The summed E-state index contributed by atoms with van der Waals surface area (Å²) in [4.78, 5) is 27.9. The molecule has 0 amide bonds. The highest BCUT2D eigenvalue weighted by atomic mass is 16.6. The molecule has 8 nitrogen and oxygen atoms in total. The van der Waals surface area contributed by atoms with Crippen molar-refractivity contribution < 1.29 is 28.5 Å². The lowest BCUT2D eigenvalue weighted by molar-refractivity contribution is -0.155. The molecule has 2 atom stereocenters. The Morgan fingerprint density at radius 3 is 1.63 bits per heavy atom. The molecular weight excluding hydrogens is 352 g/mol. The van der Waals surface area contributed by atoms with E-state index >= 15 is 0 Å². The normalized spacial score (nSPS) is 24.1. The van der Waals surface area contributed by atoms with Crippen LogP contribution >= 0.6 is 0 Å². The first-order valence-electron chi connectivity index (χ1n) is 9.91. The van der Waals surface area contributed by atoms with Crippen molar-refractivity contribution in [3.63, 3.8) is 0 Å². The lowest BCUT2D eigenvalue weighted by Crippen LogP contribution is -2.37. The first-order valence-corrected chi connectivity index (χ1v) is 9.91. The predicted octanol–water partition coefficient (Wildman–Crippen LogP) is 1.09. The highest BCUT2D eigenvalue weighted by molar-refractivity contribution is 5.91. The topological polar surface area (TPSA) is 77.5 Å². The second kappa shape index (κ2) is 10.9. The van der Waals surface area contributed by atoms with Crippen molar-refractivity contribution in [3.8, 4) is 0 Å². The van der Waals surface area contributed by atoms with E-state index < -0.39 is 11.9 Å². The van der Waals surface area contributed by atoms with Gasteiger partial charge in [0.2, 0.25) is 0 Å². The number of ether oxygens (including phenoxy) is 4. The second-order valence-electron chi connectivity index (χ2n) is 7.70. The minimum atomic E-state index is -0.550. The van der Waals surface area contributed by atoms with Gasteiger partial charge in [0.05, 0.1) is 13.2 Å². The third-order valence-corrected chi connectivity index (χ3v) is 4.77. The second-order valence-corrected chi connectivity index (χ2v) is 7.70. The summed E-state index contributed by atoms with van der Waals surface area (Å²) in [6, 6.07) is 0. The minimum absolute atomic E-state index is 0.0675. The molecule has 2 unspecified atom stereocenters. The summed E-state index contributed by atoms with van der Waals surface area (Å²) in [6.07, 6.45) is -0.218. The molecule has 0 bridgehead atoms. The van der Waals surface area contributed by atoms with Gasteiger partial charge in [0.15, 0.2) is 0 Å². The maximum absolute atomic E-state index is 11.8. The van der Waals surface area contributed by atoms with Crippen LogP contribution in [0.15, 0.2) is 0 Å². The van der Waals surface area contributed by atoms with Gasteiger partial charge in [0.1, 0.15) is 32.1 Å². The molecule has 0 saturated carbocycles. The highest BCUT2D eigenvalue weighted by Crippen LogP contribution is 2.18. The predicted molar refractivity (Wildman–Crippen MR) is 98.8 cm³/mol. The van der Waals surface area contributed by atoms with Crippen LogP contribution in [0.2, 0.25) is 0 Å². The summed E-state index contributed by atoms with van der Waals surface area (Å²) < 4.78 is 21.6. The number of rotatable bonds is 10. The van der Waals surface area contributed by atoms with Crippen LogP contribution in [0.25, 0.3) is 0 Å². The smallest absolute Gasteiger partial charge is 0.317 e. The Labute approximate surface area is 162 Å². The van der Waals surface area contributed by atoms with E-state index in [2.05, 4.69) is 37.5 Å². The van der Waals surface area contributed by atoms with Gasteiger partial charge < -0.3 is 18.9 Å². The largest absolute Gasteiger partial charge is 0.464 e. The van der Waals surface area contributed by atoms with Gasteiger partial charge in [0.25, 0.3) is 0 Å². The first kappa shape index (κ1) is 22.1. The van der Waals surface area contributed by atoms with Crippen molar-refractivity contribution in [1.82, 2.24) is 9.80 Å². The molecular formula is C19H34N2O6. The molecule has 2 fully saturated rings. The first-order chi connectivity index (χ1) is 12.9. The average Bonchev–Trinajstić information content (AvgIpc) is 3.23. The molecule has 0 spiro atoms. The average molecular weight is 386 g/mol. The number of nitrogens with zero attached hydrogens (tertiary/aromatic N) is 2. The molecule has 27 heavy (non-hydrogen) atoms. The van der Waals surface area contributed by atoms with Gasteiger partial charge in [-0.05, 0) is 11.8 Å². The van der Waals surface area contributed by atoms with Crippen molar-refractivity contribution in [2.75, 3.05) is 52.6 Å². The summed E-state index contributed by atoms with van der Waals surface area (Å²) >= 11 is 0. The zero-order valence-corrected chi connectivity index (χ0v) is 17.0. The lowest BCUT2D eigenvalue weighted by Gasteiger charge is -2.25. The lowest BCUT2D eigenvalue weighted by atomic mass is 10.2. The molecule has 156 valence electrons. The third kappa shape index (κ3) is 7.03. The maximum atomic E-state index is 11.8. The molecule has 2 aliphatic rings. The van der Waals surface area contributed by atoms with Gasteiger partial charge in [-0.25, -0.2) is 0 Å². The summed E-state index contributed by atoms with van der Waals surface area (Å²) in [5, 5.41) is 0. The maximum Gasteiger partial charge on any atom is 0.317 e. The number of hydrogen-bond donors (Lipinski definition) is 0. The zero-order chi connectivity index (χ0) is 19.8. The van der Waals surface area contributed by atoms with Gasteiger partial charge >= 0.3 is 11.9 Å². The number of carbonyl (C=O) groups is 2. The summed E-state index contributed by atoms with van der Waals surface area (Å²) in [7, 11) is 0. The van der Waals surface area contributed by atoms with Gasteiger partial charge in [-0.3, -0.25) is 19.4 Å². The summed E-state index contributed by atoms with van der Waals surface area (Å²) in [5.74, 6) is -0.333. The van der Waals surface area contributed by atoms with Crippen LogP contribution in [0.3, 0.4) is 0 Å². The Morgan fingerprint density at radius 2 is 1.26 bits per heavy atom. The number of carbonyl (C=O) groups excluding carboxylic acids is 2. The van der Waals surface area contributed by atoms with Crippen LogP contribution in [-0.4, -0.2) is 86.8 Å². The Morgan fingerprint density at radius 1 is 0.852 bits per heavy atom. The van der Waals surface area contributed by atoms with Crippen molar-refractivity contribution >= 4 is 11.9 Å². The van der Waals surface area contributed by atoms with Crippen molar-refractivity contribution in [2.45, 2.75) is 46.6 Å². The fourth-order valence-corrected chi connectivity index (χ4v) is 3.53. The van der Waals surface area contributed by atoms with E-state index in [1.807, 2.05) is 0 Å². The SMILES string of the molecule is CC(C)C1OCCN1CCOC(=O)CC(=O)OCCN1CCOC1C(C)C. The van der Waals surface area contributed by atoms with Crippen molar-refractivity contribution in [3.05, 3.63) is 0 Å². The zero-order valence-electron chi connectivity index (χ0n) is 17.0. The fourth-order valence-electron chi connectivity index (χ4n) is 3.53. The molecule has 0 aromatic rings. The van der Waals surface area contributed by atoms with E-state index in [1.165, 1.54) is 0 Å². The summed E-state index contributed by atoms with van der Waals surface area (Å²) in [6.45, 7) is 13.2. The van der Waals surface area contributed by atoms with E-state index in [1.54, 1.807) is 0 Å². The molecule has 2 rings (SSSR count). The molecule has 2 saturated heterocycles. The molecule has 0 radical (unpaired) electrons. The van der Waals surface area contributed by atoms with Crippen molar-refractivity contribution in [2.24, 2.45) is 11.8 Å². The van der Waals surface area contributed by atoms with Gasteiger partial charge in [-0.2, -0.15) is 0 Å². The van der Waals surface area contributed by atoms with Crippen LogP contribution in [0.4, 0.5) is 0 Å². The molecule has 0 aromatic heterocycles. The molecule has 2 heterocycles. The van der Waals surface area contributed by atoms with Gasteiger partial charge in [-0.1, -0.05) is 27.7 Å². The Kier molecular flexibility index (Phi) is 8.95. The quantitative estimate of drug-likeness (QED) is 0.408. The number of hydrogen-bond acceptors (Lipinski definition) is 8. The molecule has 0 aliphatic carbocycles. The Hall–Kier alpha value is -1.22. The van der Waals surface area contributed by atoms with Crippen molar-refractivity contribution in [1.29, 1.82) is 0 Å². The highest BCUT2D eigenvalue weighted by Gasteiger charge is 2.29. The monoisotopic (exact) mass is 386 g/mol. The van der Waals surface area contributed by atoms with E-state index in [0.29, 0.717) is 38.1 Å². The van der Waals surface area contributed by atoms with Gasteiger partial charge in [0, 0.05) is 26.2 Å². The van der Waals surface area contributed by atoms with Crippen LogP contribution in [-0.2, 0) is 28.5 Å². The van der Waals surface area contributed by atoms with E-state index in [0.717, 1.165) is 13.1 Å². The number of esters is 2. The molecule has 0 N–H and O–H groups in total. The van der Waals surface area contributed by atoms with E-state index in [-0.39, 0.29) is 32.1 Å². The Balaban J connectivity index is 1.57. The van der Waals surface area contributed by atoms with E-state index in [9.17, 15) is 9.59 Å². The van der Waals surface area contributed by atoms with Gasteiger partial charge in [-0.15, -0.1) is 0 Å². The third-order valence-electron chi connectivity index (χ3n) is 4.77. The molecule has 8 heteroatoms. The van der Waals surface area contributed by atoms with E-state index in [4.69, 9.17) is 18.9 Å². The minimum Gasteiger partial charge on any atom is -0.464 e. The van der Waals surface area contributed by atoms with Crippen LogP contribution in [0.5, 0.6) is 0 Å². The standard InChI is InChI=1S/C19H34N2O6/c1-14(2)18-20(7-11-26-18)5-9-24-16(22)13-17(23)25-10-6-21-8-12-27-19(21)15(3)4/h14-15,18-19H,5-13H2,1-4H3. The molecule has 0 aromatic carbocycles. The van der Waals surface area contributed by atoms with Crippen LogP contribution < -0.4 is 0 Å². The molecule has 2 aliphatic heterocycles. The Bertz CT molecular complexity index is 443.